The summed E-state index contributed by atoms with van der Waals surface area (Å²) in [4.78, 5) is 38.7. The van der Waals surface area contributed by atoms with E-state index in [-0.39, 0.29) is 27.1 Å². The van der Waals surface area contributed by atoms with E-state index in [2.05, 4.69) is 36.9 Å². The average molecular weight is 476 g/mol. The number of hydrogen-bond acceptors (Lipinski definition) is 4. The summed E-state index contributed by atoms with van der Waals surface area (Å²) in [5, 5.41) is 3.62. The van der Waals surface area contributed by atoms with Gasteiger partial charge in [0.25, 0.3) is 11.8 Å². The first kappa shape index (κ1) is 23.0. The second-order valence-corrected chi connectivity index (χ2v) is 10.2. The number of nitrogens with zero attached hydrogens (tertiary/aromatic N) is 1. The lowest BCUT2D eigenvalue weighted by atomic mass is 9.67. The van der Waals surface area contributed by atoms with Gasteiger partial charge in [-0.2, -0.15) is 0 Å². The predicted octanol–water partition coefficient (Wildman–Crippen LogP) is 4.62. The fourth-order valence-electron chi connectivity index (χ4n) is 4.11. The lowest BCUT2D eigenvalue weighted by molar-refractivity contribution is -0.136. The molecular weight excluding hydrogens is 451 g/mol. The molecule has 0 unspecified atom stereocenters. The number of imide groups is 1. The van der Waals surface area contributed by atoms with Crippen LogP contribution in [0.4, 0.5) is 10.5 Å². The van der Waals surface area contributed by atoms with E-state index in [0.29, 0.717) is 23.8 Å². The van der Waals surface area contributed by atoms with Crippen LogP contribution in [0.3, 0.4) is 0 Å². The monoisotopic (exact) mass is 474 g/mol. The van der Waals surface area contributed by atoms with Gasteiger partial charge < -0.3 is 5.32 Å². The van der Waals surface area contributed by atoms with Crippen molar-refractivity contribution < 1.29 is 14.4 Å². The molecule has 30 heavy (non-hydrogen) atoms. The standard InChI is InChI=1S/C20H25Cl3N4O3/c1-19(2,3)11-4-6-20(7-5-11)17(29)27(18(30)24-20)10-15(28)25-26-16-13(22)8-12(21)9-14(16)23/h8-9,11,26H,4-7,10H2,1-3H3,(H,24,30)(H,25,28). The molecule has 7 nitrogen and oxygen atoms in total. The first-order chi connectivity index (χ1) is 13.9. The number of amides is 4. The van der Waals surface area contributed by atoms with Crippen LogP contribution in [0, 0.1) is 11.3 Å². The Hall–Kier alpha value is -1.70. The van der Waals surface area contributed by atoms with Crippen LogP contribution in [0.1, 0.15) is 46.5 Å². The molecule has 3 N–H and O–H groups in total. The summed E-state index contributed by atoms with van der Waals surface area (Å²) < 4.78 is 0. The third kappa shape index (κ3) is 4.63. The molecular formula is C20H25Cl3N4O3. The maximum absolute atomic E-state index is 13.0. The normalized spacial score (nSPS) is 24.2. The van der Waals surface area contributed by atoms with Gasteiger partial charge in [-0.25, -0.2) is 4.79 Å². The number of rotatable bonds is 4. The number of anilines is 1. The van der Waals surface area contributed by atoms with Crippen molar-refractivity contribution in [1.29, 1.82) is 0 Å². The molecule has 1 spiro atoms. The molecule has 2 aliphatic rings. The fourth-order valence-corrected chi connectivity index (χ4v) is 5.02. The number of benzene rings is 1. The first-order valence-corrected chi connectivity index (χ1v) is 10.9. The van der Waals surface area contributed by atoms with E-state index in [1.807, 2.05) is 0 Å². The van der Waals surface area contributed by atoms with Crippen LogP contribution in [0.2, 0.25) is 15.1 Å². The highest BCUT2D eigenvalue weighted by Gasteiger charge is 2.53. The number of hydrogen-bond donors (Lipinski definition) is 3. The minimum absolute atomic E-state index is 0.155. The largest absolute Gasteiger partial charge is 0.325 e. The predicted molar refractivity (Wildman–Crippen MR) is 118 cm³/mol. The lowest BCUT2D eigenvalue weighted by Crippen LogP contribution is -2.51. The average Bonchev–Trinajstić information content (AvgIpc) is 2.84. The number of carbonyl (C=O) groups excluding carboxylic acids is 3. The highest BCUT2D eigenvalue weighted by atomic mass is 35.5. The Morgan fingerprint density at radius 1 is 1.17 bits per heavy atom. The highest BCUT2D eigenvalue weighted by molar-refractivity contribution is 6.41. The van der Waals surface area contributed by atoms with Crippen LogP contribution in [0.25, 0.3) is 0 Å². The van der Waals surface area contributed by atoms with Gasteiger partial charge in [-0.1, -0.05) is 55.6 Å². The second-order valence-electron chi connectivity index (χ2n) is 8.96. The molecule has 1 aliphatic heterocycles. The molecule has 164 valence electrons. The molecule has 1 aliphatic carbocycles. The van der Waals surface area contributed by atoms with Crippen LogP contribution in [-0.4, -0.2) is 34.8 Å². The van der Waals surface area contributed by atoms with E-state index in [4.69, 9.17) is 34.8 Å². The first-order valence-electron chi connectivity index (χ1n) is 9.76. The molecule has 3 rings (SSSR count). The van der Waals surface area contributed by atoms with Crippen molar-refractivity contribution >= 4 is 58.3 Å². The smallest absolute Gasteiger partial charge is 0.323 e. The van der Waals surface area contributed by atoms with Gasteiger partial charge in [0.1, 0.15) is 12.1 Å². The summed E-state index contributed by atoms with van der Waals surface area (Å²) in [5.41, 5.74) is 4.54. The summed E-state index contributed by atoms with van der Waals surface area (Å²) >= 11 is 18.0. The van der Waals surface area contributed by atoms with Crippen molar-refractivity contribution in [3.63, 3.8) is 0 Å². The van der Waals surface area contributed by atoms with Crippen LogP contribution < -0.4 is 16.2 Å². The van der Waals surface area contributed by atoms with Crippen molar-refractivity contribution in [1.82, 2.24) is 15.6 Å². The maximum Gasteiger partial charge on any atom is 0.325 e. The van der Waals surface area contributed by atoms with Crippen LogP contribution >= 0.6 is 34.8 Å². The van der Waals surface area contributed by atoms with Gasteiger partial charge in [0, 0.05) is 5.02 Å². The highest BCUT2D eigenvalue weighted by Crippen LogP contribution is 2.43. The molecule has 0 aromatic heterocycles. The molecule has 0 bridgehead atoms. The summed E-state index contributed by atoms with van der Waals surface area (Å²) in [5.74, 6) is -0.443. The lowest BCUT2D eigenvalue weighted by Gasteiger charge is -2.40. The molecule has 1 heterocycles. The molecule has 4 amide bonds. The van der Waals surface area contributed by atoms with E-state index >= 15 is 0 Å². The van der Waals surface area contributed by atoms with E-state index in [0.717, 1.165) is 17.7 Å². The zero-order chi connectivity index (χ0) is 22.3. The van der Waals surface area contributed by atoms with Crippen molar-refractivity contribution in [2.24, 2.45) is 11.3 Å². The Bertz CT molecular complexity index is 854. The summed E-state index contributed by atoms with van der Waals surface area (Å²) in [6, 6.07) is 2.39. The third-order valence-corrected chi connectivity index (χ3v) is 6.76. The van der Waals surface area contributed by atoms with Gasteiger partial charge in [0.15, 0.2) is 0 Å². The maximum atomic E-state index is 13.0. The van der Waals surface area contributed by atoms with Crippen molar-refractivity contribution in [2.75, 3.05) is 12.0 Å². The Balaban J connectivity index is 1.60. The van der Waals surface area contributed by atoms with Crippen molar-refractivity contribution in [3.8, 4) is 0 Å². The zero-order valence-corrected chi connectivity index (χ0v) is 19.3. The molecule has 1 saturated carbocycles. The number of nitrogens with one attached hydrogen (secondary N) is 3. The van der Waals surface area contributed by atoms with Gasteiger partial charge in [-0.05, 0) is 49.1 Å². The minimum atomic E-state index is -0.907. The van der Waals surface area contributed by atoms with Crippen LogP contribution in [0.15, 0.2) is 12.1 Å². The third-order valence-electron chi connectivity index (χ3n) is 5.95. The summed E-state index contributed by atoms with van der Waals surface area (Å²) in [6.45, 7) is 6.15. The van der Waals surface area contributed by atoms with Gasteiger partial charge in [-0.15, -0.1) is 0 Å². The molecule has 0 radical (unpaired) electrons. The summed E-state index contributed by atoms with van der Waals surface area (Å²) in [6.07, 6.45) is 2.85. The fraction of sp³-hybridized carbons (Fsp3) is 0.550. The van der Waals surface area contributed by atoms with E-state index < -0.39 is 24.0 Å². The van der Waals surface area contributed by atoms with E-state index in [1.165, 1.54) is 12.1 Å². The topological polar surface area (TPSA) is 90.5 Å². The van der Waals surface area contributed by atoms with Gasteiger partial charge in [0.2, 0.25) is 0 Å². The van der Waals surface area contributed by atoms with Crippen molar-refractivity contribution in [3.05, 3.63) is 27.2 Å². The molecule has 1 aromatic carbocycles. The number of urea groups is 1. The Kier molecular flexibility index (Phi) is 6.46. The Labute approximate surface area is 190 Å². The number of carbonyl (C=O) groups is 3. The van der Waals surface area contributed by atoms with Gasteiger partial charge in [-0.3, -0.25) is 25.3 Å². The molecule has 10 heteroatoms. The van der Waals surface area contributed by atoms with Gasteiger partial charge in [0.05, 0.1) is 15.7 Å². The zero-order valence-electron chi connectivity index (χ0n) is 17.1. The molecule has 2 fully saturated rings. The van der Waals surface area contributed by atoms with Crippen LogP contribution in [-0.2, 0) is 9.59 Å². The second kappa shape index (κ2) is 8.44. The minimum Gasteiger partial charge on any atom is -0.323 e. The molecule has 0 atom stereocenters. The Morgan fingerprint density at radius 2 is 1.73 bits per heavy atom. The quantitative estimate of drug-likeness (QED) is 0.438. The molecule has 1 saturated heterocycles. The number of hydrazine groups is 1. The SMILES string of the molecule is CC(C)(C)C1CCC2(CC1)NC(=O)N(CC(=O)NNc1c(Cl)cc(Cl)cc1Cl)C2=O. The summed E-state index contributed by atoms with van der Waals surface area (Å²) in [7, 11) is 0. The molecule has 1 aromatic rings. The van der Waals surface area contributed by atoms with Crippen LogP contribution in [0.5, 0.6) is 0 Å². The van der Waals surface area contributed by atoms with E-state index in [9.17, 15) is 14.4 Å². The van der Waals surface area contributed by atoms with Crippen molar-refractivity contribution in [2.45, 2.75) is 52.0 Å². The Morgan fingerprint density at radius 3 is 2.27 bits per heavy atom. The van der Waals surface area contributed by atoms with Gasteiger partial charge >= 0.3 is 6.03 Å². The van der Waals surface area contributed by atoms with E-state index in [1.54, 1.807) is 0 Å². The number of halogens is 3.